The Labute approximate surface area is 857 Å². The number of aromatic amines is 2. The zero-order valence-electron chi connectivity index (χ0n) is 81.3. The Morgan fingerprint density at radius 3 is 1.42 bits per heavy atom. The number of aliphatic imine (C=N–C) groups is 1. The van der Waals surface area contributed by atoms with E-state index in [1.165, 1.54) is 61.1 Å². The summed E-state index contributed by atoms with van der Waals surface area (Å²) in [5.41, 5.74) is 16.4. The number of phenols is 2. The lowest BCUT2D eigenvalue weighted by atomic mass is 9.93. The van der Waals surface area contributed by atoms with Crippen LogP contribution in [0.25, 0.3) is 21.8 Å². The molecule has 7 aromatic carbocycles. The maximum absolute atomic E-state index is 15.9. The summed E-state index contributed by atoms with van der Waals surface area (Å²) in [7, 11) is 0. The van der Waals surface area contributed by atoms with Crippen LogP contribution in [0, 0.1) is 0 Å². The second-order valence-electron chi connectivity index (χ2n) is 37.1. The first-order valence-electron chi connectivity index (χ1n) is 48.6. The second kappa shape index (κ2) is 51.9. The average Bonchev–Trinajstić information content (AvgIpc) is 1.69. The molecule has 0 radical (unpaired) electrons. The number of nitrogens with zero attached hydrogens (tertiary/aromatic N) is 2. The van der Waals surface area contributed by atoms with E-state index in [2.05, 4.69) is 105 Å². The third kappa shape index (κ3) is 30.5. The van der Waals surface area contributed by atoms with Crippen LogP contribution in [0.5, 0.6) is 11.5 Å². The minimum absolute atomic E-state index is 0.0481. The summed E-state index contributed by atoms with van der Waals surface area (Å²) in [5, 5.41) is 97.9. The van der Waals surface area contributed by atoms with Crippen LogP contribution < -0.4 is 102 Å². The van der Waals surface area contributed by atoms with E-state index < -0.39 is 280 Å². The molecule has 9 aromatic rings. The molecule has 47 heteroatoms. The molecule has 150 heavy (non-hydrogen) atoms. The third-order valence-electron chi connectivity index (χ3n) is 26.0. The Bertz CT molecular complexity index is 6490. The minimum Gasteiger partial charge on any atom is -0.508 e. The lowest BCUT2D eigenvalue weighted by molar-refractivity contribution is -0.144. The van der Waals surface area contributed by atoms with Crippen molar-refractivity contribution >= 4 is 146 Å². The van der Waals surface area contributed by atoms with Crippen molar-refractivity contribution in [2.45, 2.75) is 193 Å². The van der Waals surface area contributed by atoms with Crippen molar-refractivity contribution in [3.63, 3.8) is 0 Å². The van der Waals surface area contributed by atoms with Gasteiger partial charge in [0, 0.05) is 110 Å². The smallest absolute Gasteiger partial charge is 0.326 e. The van der Waals surface area contributed by atoms with E-state index in [4.69, 9.17) is 11.5 Å². The molecule has 47 nitrogen and oxygen atoms in total. The highest BCUT2D eigenvalue weighted by atomic mass is 16.4. The summed E-state index contributed by atoms with van der Waals surface area (Å²) in [6.07, 6.45) is -3.14. The van der Waals surface area contributed by atoms with E-state index in [9.17, 15) is 83.1 Å². The summed E-state index contributed by atoms with van der Waals surface area (Å²) >= 11 is 0. The Hall–Kier alpha value is -17.7. The van der Waals surface area contributed by atoms with Gasteiger partial charge in [0.25, 0.3) is 0 Å². The predicted molar refractivity (Wildman–Crippen MR) is 540 cm³/mol. The summed E-state index contributed by atoms with van der Waals surface area (Å²) in [6.45, 7) is -1.88. The molecule has 0 aliphatic carbocycles. The van der Waals surface area contributed by atoms with Crippen molar-refractivity contribution in [2.24, 2.45) is 16.5 Å². The number of benzene rings is 7. The largest absolute Gasteiger partial charge is 0.508 e. The minimum atomic E-state index is -2.16. The van der Waals surface area contributed by atoms with Crippen LogP contribution in [0.1, 0.15) is 96.7 Å². The summed E-state index contributed by atoms with van der Waals surface area (Å²) < 4.78 is 0. The highest BCUT2D eigenvalue weighted by Crippen LogP contribution is 2.35. The van der Waals surface area contributed by atoms with Gasteiger partial charge in [0.05, 0.1) is 57.4 Å². The summed E-state index contributed by atoms with van der Waals surface area (Å²) in [4.78, 5) is 289. The maximum atomic E-state index is 15.9. The van der Waals surface area contributed by atoms with Gasteiger partial charge in [0.1, 0.15) is 96.1 Å². The number of aromatic nitrogens is 2. The Morgan fingerprint density at radius 2 is 0.907 bits per heavy atom. The average molecular weight is 2060 g/mol. The number of amides is 18. The lowest BCUT2D eigenvalue weighted by Crippen LogP contribution is -2.62. The van der Waals surface area contributed by atoms with E-state index in [0.717, 1.165) is 17.4 Å². The molecule has 2 saturated heterocycles. The van der Waals surface area contributed by atoms with Gasteiger partial charge in [0.2, 0.25) is 106 Å². The highest BCUT2D eigenvalue weighted by molar-refractivity contribution is 6.04. The number of fused-ring (bicyclic) bond motifs is 4. The molecule has 2 fully saturated rings. The van der Waals surface area contributed by atoms with Crippen molar-refractivity contribution in [3.05, 3.63) is 233 Å². The van der Waals surface area contributed by atoms with Crippen LogP contribution in [0.3, 0.4) is 0 Å². The quantitative estimate of drug-likeness (QED) is 0.0176. The fourth-order valence-corrected chi connectivity index (χ4v) is 18.2. The molecule has 0 spiro atoms. The normalized spacial score (nSPS) is 20.6. The van der Waals surface area contributed by atoms with Gasteiger partial charge >= 0.3 is 5.97 Å². The highest BCUT2D eigenvalue weighted by Gasteiger charge is 2.44. The number of nitrogens with two attached hydrogens (primary N) is 2. The number of hydrogen-bond acceptors (Lipinski definition) is 26. The van der Waals surface area contributed by atoms with Gasteiger partial charge in [-0.25, -0.2) is 4.79 Å². The molecule has 790 valence electrons. The molecule has 0 bridgehead atoms. The SMILES string of the molecule is C[C@@H](O)C1NC(=O)CNC(=O)C(CC2CNC=N2)NC(=O)C(CC2CNc3ccccc32)NC(=O)C(CC(N)=O)NC(=O)CNC(=O)CC(C(=O)NC(Cc2c[nH]c3ccccc23)C(=O)NC(Cc2ccccc2)C(=O)NC(Cc2ccccc2)C(=O)NC(CC(N)=O)C(=O)NC(Cc2ccc(O)cc2)C(=O)NC(Cc2ccc(O)cc2)C(=O)NC(Cc2c[nH]c3ccccc23)C(=O)O)NC(=O)C2CCCN2C(=O)C(CO)NC1=O. The van der Waals surface area contributed by atoms with Gasteiger partial charge < -0.3 is 142 Å². The van der Waals surface area contributed by atoms with Crippen LogP contribution >= 0.6 is 0 Å². The molecule has 28 N–H and O–H groups in total. The number of carbonyl (C=O) groups excluding carboxylic acids is 18. The standard InChI is InChI=1S/C103H119N23O24/c1-54(128)89-101(147)124-82(52-127)102(148)126-34-14-25-83(126)100(146)122-80(45-86(133)110-50-87(134)113-78(43-84(104)131)97(143)118-76(40-60-47-108-69-23-12-9-20-66(60)69)96(142)120-77(42-62-49-106-53-112-62)90(136)111-51-88(135)125-89)99(145)119-75(39-59-46-107-68-22-11-8-19-65(59)68)95(141)116-71(35-55-15-4-2-5-16-55)91(137)114-72(36-56-17-6-3-7-18-56)93(139)121-79(44-85(105)132)98(144)117-73(37-57-26-30-63(129)31-27-57)92(138)115-74(38-58-28-32-64(130)33-29-58)94(140)123-81(103(149)150)41-61-48-109-70-24-13-10-21-67(61)70/h2-13,15-24,26-33,46,48,53-54,60,62,71-83,89,107-109,127-130H,14,25,34-45,47,49-52H2,1H3,(H2,104,131)(H2,105,132)(H,106,112)(H,110,133)(H,111,136)(H,113,134)(H,114,137)(H,115,138)(H,116,141)(H,117,144)(H,118,143)(H,119,145)(H,120,142)(H,121,139)(H,122,146)(H,123,140)(H,124,147)(H,125,135)(H,149,150)/t54-,60?,62?,71?,72?,73?,74?,75?,76?,77?,78?,79?,80?,81?,82?,83?,89?/m1/s1. The first-order chi connectivity index (χ1) is 72.0. The van der Waals surface area contributed by atoms with Gasteiger partial charge in [-0.1, -0.05) is 140 Å². The predicted octanol–water partition coefficient (Wildman–Crippen LogP) is -4.06. The van der Waals surface area contributed by atoms with Gasteiger partial charge in [-0.2, -0.15) is 0 Å². The number of carboxylic acids is 1. The van der Waals surface area contributed by atoms with Gasteiger partial charge in [0.15, 0.2) is 0 Å². The molecule has 2 aromatic heterocycles. The van der Waals surface area contributed by atoms with Crippen molar-refractivity contribution in [3.8, 4) is 11.5 Å². The Balaban J connectivity index is 0.786. The number of anilines is 1. The summed E-state index contributed by atoms with van der Waals surface area (Å²) in [6, 6.07) is 22.1. The number of nitrogens with one attached hydrogen (secondary N) is 19. The molecule has 13 rings (SSSR count). The molecule has 17 atom stereocenters. The van der Waals surface area contributed by atoms with E-state index in [1.54, 1.807) is 140 Å². The zero-order valence-corrected chi connectivity index (χ0v) is 81.3. The molecule has 0 saturated carbocycles. The molecule has 4 aliphatic rings. The van der Waals surface area contributed by atoms with Crippen LogP contribution in [0.4, 0.5) is 5.69 Å². The number of hydrogen-bond donors (Lipinski definition) is 26. The van der Waals surface area contributed by atoms with Crippen LogP contribution in [0.2, 0.25) is 0 Å². The Kier molecular flexibility index (Phi) is 37.9. The lowest BCUT2D eigenvalue weighted by Gasteiger charge is -2.30. The van der Waals surface area contributed by atoms with E-state index in [1.807, 2.05) is 0 Å². The number of aromatic hydroxyl groups is 2. The number of phenolic OH excluding ortho intramolecular Hbond substituents is 2. The molecular formula is C103H119N23O24. The maximum Gasteiger partial charge on any atom is 0.326 e. The molecular weight excluding hydrogens is 1940 g/mol. The number of carboxylic acid groups (broad SMARTS) is 1. The number of para-hydroxylation sites is 3. The molecule has 18 amide bonds. The third-order valence-corrected chi connectivity index (χ3v) is 26.0. The number of aliphatic hydroxyl groups excluding tert-OH is 2. The van der Waals surface area contributed by atoms with Crippen LogP contribution in [0.15, 0.2) is 199 Å². The van der Waals surface area contributed by atoms with Gasteiger partial charge in [-0.3, -0.25) is 91.3 Å². The zero-order chi connectivity index (χ0) is 107. The number of carbonyl (C=O) groups is 19. The second-order valence-corrected chi connectivity index (χ2v) is 37.1. The van der Waals surface area contributed by atoms with E-state index in [-0.39, 0.29) is 69.7 Å². The van der Waals surface area contributed by atoms with Crippen molar-refractivity contribution in [1.82, 2.24) is 99.9 Å². The van der Waals surface area contributed by atoms with E-state index in [0.29, 0.717) is 60.9 Å². The van der Waals surface area contributed by atoms with Gasteiger partial charge in [-0.05, 0) is 108 Å². The summed E-state index contributed by atoms with van der Waals surface area (Å²) in [5.74, 6) is -22.9. The van der Waals surface area contributed by atoms with Crippen molar-refractivity contribution < 1.29 is 117 Å². The monoisotopic (exact) mass is 2060 g/mol. The van der Waals surface area contributed by atoms with Crippen molar-refractivity contribution in [2.75, 3.05) is 44.6 Å². The van der Waals surface area contributed by atoms with Gasteiger partial charge in [-0.15, -0.1) is 0 Å². The molecule has 6 heterocycles. The number of primary amides is 2. The Morgan fingerprint density at radius 1 is 0.447 bits per heavy atom. The van der Waals surface area contributed by atoms with Crippen LogP contribution in [-0.2, 0) is 130 Å². The number of rotatable bonds is 37. The fourth-order valence-electron chi connectivity index (χ4n) is 18.2. The molecule has 16 unspecified atom stereocenters. The number of aliphatic hydroxyl groups is 2. The first kappa shape index (κ1) is 110. The van der Waals surface area contributed by atoms with Crippen molar-refractivity contribution in [1.29, 1.82) is 0 Å². The first-order valence-corrected chi connectivity index (χ1v) is 48.6. The topological polar surface area (TPSA) is 729 Å². The fraction of sp³-hybridized carbons (Fsp3) is 0.359. The van der Waals surface area contributed by atoms with E-state index >= 15 is 33.6 Å². The number of aliphatic carboxylic acids is 1. The van der Waals surface area contributed by atoms with Crippen LogP contribution in [-0.4, -0.2) is 295 Å². The number of H-pyrrole nitrogens is 2. The molecule has 4 aliphatic heterocycles.